The first kappa shape index (κ1) is 14.1. The summed E-state index contributed by atoms with van der Waals surface area (Å²) in [5, 5.41) is 3.65. The van der Waals surface area contributed by atoms with E-state index in [1.165, 1.54) is 5.69 Å². The minimum Gasteiger partial charge on any atom is -0.356 e. The van der Waals surface area contributed by atoms with Gasteiger partial charge in [-0.1, -0.05) is 0 Å². The van der Waals surface area contributed by atoms with Crippen molar-refractivity contribution in [3.05, 3.63) is 48.7 Å². The van der Waals surface area contributed by atoms with E-state index in [1.54, 1.807) is 12.4 Å². The highest BCUT2D eigenvalue weighted by Crippen LogP contribution is 2.17. The van der Waals surface area contributed by atoms with Crippen molar-refractivity contribution in [1.29, 1.82) is 0 Å². The first-order chi connectivity index (χ1) is 11.4. The van der Waals surface area contributed by atoms with E-state index in [2.05, 4.69) is 42.3 Å². The van der Waals surface area contributed by atoms with Gasteiger partial charge in [0.25, 0.3) is 0 Å². The van der Waals surface area contributed by atoms with Crippen LogP contribution in [0.2, 0.25) is 0 Å². The average Bonchev–Trinajstić information content (AvgIpc) is 3.04. The van der Waals surface area contributed by atoms with Crippen LogP contribution in [-0.4, -0.2) is 39.1 Å². The van der Waals surface area contributed by atoms with Crippen molar-refractivity contribution in [2.45, 2.75) is 25.4 Å². The molecular weight excluding hydrogens is 288 g/mol. The fourth-order valence-electron chi connectivity index (χ4n) is 3.13. The van der Waals surface area contributed by atoms with E-state index in [0.717, 1.165) is 49.3 Å². The lowest BCUT2D eigenvalue weighted by atomic mass is 10.1. The van der Waals surface area contributed by atoms with Crippen molar-refractivity contribution in [3.63, 3.8) is 0 Å². The Morgan fingerprint density at radius 3 is 2.87 bits per heavy atom. The zero-order valence-corrected chi connectivity index (χ0v) is 12.9. The Labute approximate surface area is 135 Å². The molecule has 3 aromatic rings. The van der Waals surface area contributed by atoms with Gasteiger partial charge >= 0.3 is 0 Å². The molecule has 118 valence electrons. The largest absolute Gasteiger partial charge is 0.356 e. The molecule has 4 rings (SSSR count). The summed E-state index contributed by atoms with van der Waals surface area (Å²) in [6.45, 7) is 2.89. The van der Waals surface area contributed by atoms with Crippen LogP contribution in [0.5, 0.6) is 0 Å². The highest BCUT2D eigenvalue weighted by Gasteiger charge is 2.19. The van der Waals surface area contributed by atoms with E-state index >= 15 is 0 Å². The third-order valence-electron chi connectivity index (χ3n) is 4.39. The molecule has 1 fully saturated rings. The van der Waals surface area contributed by atoms with E-state index in [1.807, 2.05) is 18.5 Å². The van der Waals surface area contributed by atoms with Crippen LogP contribution in [-0.2, 0) is 6.54 Å². The Kier molecular flexibility index (Phi) is 3.90. The minimum absolute atomic E-state index is 0.544. The molecule has 0 amide bonds. The number of aromatic nitrogens is 4. The maximum atomic E-state index is 4.38. The number of aromatic amines is 1. The number of piperidine rings is 1. The first-order valence-electron chi connectivity index (χ1n) is 8.05. The molecule has 0 unspecified atom stereocenters. The van der Waals surface area contributed by atoms with E-state index in [9.17, 15) is 0 Å². The van der Waals surface area contributed by atoms with E-state index < -0.39 is 0 Å². The lowest BCUT2D eigenvalue weighted by Gasteiger charge is -2.32. The normalized spacial score (nSPS) is 16.1. The van der Waals surface area contributed by atoms with Gasteiger partial charge in [0.1, 0.15) is 5.82 Å². The highest BCUT2D eigenvalue weighted by atomic mass is 15.2. The fraction of sp³-hybridized carbons (Fsp3) is 0.353. The van der Waals surface area contributed by atoms with E-state index in [4.69, 9.17) is 0 Å². The first-order valence-corrected chi connectivity index (χ1v) is 8.05. The maximum absolute atomic E-state index is 4.38. The summed E-state index contributed by atoms with van der Waals surface area (Å²) >= 11 is 0. The molecule has 0 radical (unpaired) electrons. The molecule has 4 heterocycles. The van der Waals surface area contributed by atoms with Gasteiger partial charge in [-0.15, -0.1) is 0 Å². The monoisotopic (exact) mass is 308 g/mol. The topological polar surface area (TPSA) is 69.7 Å². The van der Waals surface area contributed by atoms with Crippen LogP contribution in [0, 0.1) is 0 Å². The van der Waals surface area contributed by atoms with E-state index in [-0.39, 0.29) is 0 Å². The minimum atomic E-state index is 0.544. The van der Waals surface area contributed by atoms with Gasteiger partial charge in [0.2, 0.25) is 0 Å². The molecule has 6 nitrogen and oxygen atoms in total. The van der Waals surface area contributed by atoms with Crippen LogP contribution in [0.4, 0.5) is 5.82 Å². The van der Waals surface area contributed by atoms with Crippen LogP contribution in [0.25, 0.3) is 11.0 Å². The molecule has 0 atom stereocenters. The number of H-pyrrole nitrogens is 1. The summed E-state index contributed by atoms with van der Waals surface area (Å²) in [4.78, 5) is 18.6. The van der Waals surface area contributed by atoms with Crippen molar-refractivity contribution in [3.8, 4) is 0 Å². The zero-order chi connectivity index (χ0) is 15.5. The lowest BCUT2D eigenvalue weighted by molar-refractivity contribution is 0.411. The Morgan fingerprint density at radius 2 is 2.09 bits per heavy atom. The molecule has 0 spiro atoms. The summed E-state index contributed by atoms with van der Waals surface area (Å²) in [6, 6.07) is 6.68. The van der Waals surface area contributed by atoms with Crippen LogP contribution in [0.1, 0.15) is 18.5 Å². The van der Waals surface area contributed by atoms with Gasteiger partial charge in [-0.05, 0) is 31.0 Å². The van der Waals surface area contributed by atoms with Crippen molar-refractivity contribution in [2.24, 2.45) is 0 Å². The summed E-state index contributed by atoms with van der Waals surface area (Å²) in [5.41, 5.74) is 3.32. The molecule has 1 saturated heterocycles. The number of rotatable bonds is 4. The summed E-state index contributed by atoms with van der Waals surface area (Å²) in [6.07, 6.45) is 9.38. The molecule has 23 heavy (non-hydrogen) atoms. The zero-order valence-electron chi connectivity index (χ0n) is 12.9. The number of hydrogen-bond acceptors (Lipinski definition) is 5. The lowest BCUT2D eigenvalue weighted by Crippen LogP contribution is -2.42. The summed E-state index contributed by atoms with van der Waals surface area (Å²) < 4.78 is 0. The second kappa shape index (κ2) is 6.34. The van der Waals surface area contributed by atoms with Crippen molar-refractivity contribution in [1.82, 2.24) is 25.3 Å². The number of pyridine rings is 1. The second-order valence-corrected chi connectivity index (χ2v) is 5.94. The maximum Gasteiger partial charge on any atom is 0.147 e. The predicted molar refractivity (Wildman–Crippen MR) is 90.2 cm³/mol. The third kappa shape index (κ3) is 3.17. The fourth-order valence-corrected chi connectivity index (χ4v) is 3.13. The second-order valence-electron chi connectivity index (χ2n) is 5.94. The van der Waals surface area contributed by atoms with Crippen LogP contribution in [0.15, 0.2) is 43.0 Å². The van der Waals surface area contributed by atoms with Gasteiger partial charge in [-0.2, -0.15) is 0 Å². The molecule has 6 heteroatoms. The Morgan fingerprint density at radius 1 is 1.17 bits per heavy atom. The van der Waals surface area contributed by atoms with Gasteiger partial charge in [-0.3, -0.25) is 9.97 Å². The molecular formula is C17H20N6. The van der Waals surface area contributed by atoms with E-state index in [0.29, 0.717) is 6.04 Å². The van der Waals surface area contributed by atoms with Gasteiger partial charge in [0.15, 0.2) is 0 Å². The predicted octanol–water partition coefficient (Wildman–Crippen LogP) is 2.11. The summed E-state index contributed by atoms with van der Waals surface area (Å²) in [7, 11) is 0. The SMILES string of the molecule is c1cnc2cc(CNC3CCN(c4cnccn4)CC3)[nH]c2c1. The molecule has 2 N–H and O–H groups in total. The molecule has 0 aromatic carbocycles. The number of hydrogen-bond donors (Lipinski definition) is 2. The van der Waals surface area contributed by atoms with Gasteiger partial charge in [-0.25, -0.2) is 4.98 Å². The number of nitrogens with one attached hydrogen (secondary N) is 2. The average molecular weight is 308 g/mol. The van der Waals surface area contributed by atoms with Gasteiger partial charge < -0.3 is 15.2 Å². The van der Waals surface area contributed by atoms with Crippen LogP contribution >= 0.6 is 0 Å². The molecule has 3 aromatic heterocycles. The van der Waals surface area contributed by atoms with Crippen LogP contribution < -0.4 is 10.2 Å². The number of fused-ring (bicyclic) bond motifs is 1. The molecule has 0 aliphatic carbocycles. The Hall–Kier alpha value is -2.47. The van der Waals surface area contributed by atoms with Crippen molar-refractivity contribution < 1.29 is 0 Å². The highest BCUT2D eigenvalue weighted by molar-refractivity contribution is 5.75. The standard InChI is InChI=1S/C17H20N6/c1-2-15-16(19-5-1)10-14(22-15)11-21-13-3-8-23(9-4-13)17-12-18-6-7-20-17/h1-2,5-7,10,12-13,21-22H,3-4,8-9,11H2. The van der Waals surface area contributed by atoms with Crippen molar-refractivity contribution >= 4 is 16.9 Å². The molecule has 1 aliphatic rings. The quantitative estimate of drug-likeness (QED) is 0.772. The Bertz CT molecular complexity index is 728. The van der Waals surface area contributed by atoms with Gasteiger partial charge in [0, 0.05) is 50.0 Å². The molecule has 1 aliphatic heterocycles. The Balaban J connectivity index is 1.31. The molecule has 0 saturated carbocycles. The van der Waals surface area contributed by atoms with Gasteiger partial charge in [0.05, 0.1) is 17.2 Å². The summed E-state index contributed by atoms with van der Waals surface area (Å²) in [5.74, 6) is 0.979. The third-order valence-corrected chi connectivity index (χ3v) is 4.39. The molecule has 0 bridgehead atoms. The smallest absolute Gasteiger partial charge is 0.147 e. The van der Waals surface area contributed by atoms with Crippen molar-refractivity contribution in [2.75, 3.05) is 18.0 Å². The number of anilines is 1. The number of nitrogens with zero attached hydrogens (tertiary/aromatic N) is 4. The van der Waals surface area contributed by atoms with Crippen LogP contribution in [0.3, 0.4) is 0 Å².